The Morgan fingerprint density at radius 3 is 2.32 bits per heavy atom. The molecule has 3 N–H and O–H groups in total. The predicted octanol–water partition coefficient (Wildman–Crippen LogP) is 2.71. The van der Waals surface area contributed by atoms with Crippen molar-refractivity contribution in [1.29, 1.82) is 0 Å². The molecule has 1 aromatic carbocycles. The molecule has 1 amide bonds. The standard InChI is InChI=1S/C16H18F3NO5/c1-25-12-3-2-9(8-11(12)21)13(22)20-15(14(23)24)6-4-10(5-7-15)16(17,18)19/h2-3,8,10,21H,4-7H2,1H3,(H,20,22)(H,23,24). The maximum absolute atomic E-state index is 12.8. The lowest BCUT2D eigenvalue weighted by Gasteiger charge is -2.37. The molecule has 0 radical (unpaired) electrons. The van der Waals surface area contributed by atoms with Crippen LogP contribution in [-0.4, -0.2) is 40.9 Å². The SMILES string of the molecule is COc1ccc(C(=O)NC2(C(=O)O)CCC(C(F)(F)F)CC2)cc1O. The Balaban J connectivity index is 2.16. The highest BCUT2D eigenvalue weighted by Crippen LogP contribution is 2.41. The second-order valence-corrected chi connectivity index (χ2v) is 6.04. The molecule has 6 nitrogen and oxygen atoms in total. The van der Waals surface area contributed by atoms with Crippen LogP contribution in [0.15, 0.2) is 18.2 Å². The van der Waals surface area contributed by atoms with E-state index in [-0.39, 0.29) is 42.7 Å². The van der Waals surface area contributed by atoms with E-state index in [1.54, 1.807) is 0 Å². The first kappa shape index (κ1) is 18.9. The van der Waals surface area contributed by atoms with Gasteiger partial charge in [-0.25, -0.2) is 4.79 Å². The van der Waals surface area contributed by atoms with Gasteiger partial charge < -0.3 is 20.3 Å². The molecular weight excluding hydrogens is 343 g/mol. The lowest BCUT2D eigenvalue weighted by molar-refractivity contribution is -0.187. The lowest BCUT2D eigenvalue weighted by atomic mass is 9.76. The van der Waals surface area contributed by atoms with Crippen LogP contribution in [0.3, 0.4) is 0 Å². The van der Waals surface area contributed by atoms with Crippen molar-refractivity contribution in [1.82, 2.24) is 5.32 Å². The number of hydrogen-bond donors (Lipinski definition) is 3. The molecule has 1 aliphatic carbocycles. The summed E-state index contributed by atoms with van der Waals surface area (Å²) in [5.41, 5.74) is -1.77. The van der Waals surface area contributed by atoms with Gasteiger partial charge in [0.25, 0.3) is 5.91 Å². The molecule has 0 atom stereocenters. The molecule has 9 heteroatoms. The monoisotopic (exact) mass is 361 g/mol. The van der Waals surface area contributed by atoms with Gasteiger partial charge in [-0.2, -0.15) is 13.2 Å². The molecule has 0 aliphatic heterocycles. The number of phenols is 1. The molecule has 1 fully saturated rings. The number of carboxylic acid groups (broad SMARTS) is 1. The zero-order valence-electron chi connectivity index (χ0n) is 13.4. The minimum Gasteiger partial charge on any atom is -0.504 e. The molecule has 0 spiro atoms. The quantitative estimate of drug-likeness (QED) is 0.766. The summed E-state index contributed by atoms with van der Waals surface area (Å²) in [6.45, 7) is 0. The van der Waals surface area contributed by atoms with Crippen LogP contribution in [0.4, 0.5) is 13.2 Å². The van der Waals surface area contributed by atoms with E-state index >= 15 is 0 Å². The molecule has 0 bridgehead atoms. The van der Waals surface area contributed by atoms with Gasteiger partial charge in [0.15, 0.2) is 11.5 Å². The zero-order chi connectivity index (χ0) is 18.8. The van der Waals surface area contributed by atoms with E-state index in [1.807, 2.05) is 0 Å². The topological polar surface area (TPSA) is 95.9 Å². The molecule has 1 aromatic rings. The van der Waals surface area contributed by atoms with E-state index in [1.165, 1.54) is 19.2 Å². The summed E-state index contributed by atoms with van der Waals surface area (Å²) < 4.78 is 43.1. The first-order valence-electron chi connectivity index (χ1n) is 7.59. The number of ether oxygens (including phenoxy) is 1. The van der Waals surface area contributed by atoms with Gasteiger partial charge in [-0.3, -0.25) is 4.79 Å². The summed E-state index contributed by atoms with van der Waals surface area (Å²) in [6, 6.07) is 3.76. The van der Waals surface area contributed by atoms with Crippen LogP contribution in [0.5, 0.6) is 11.5 Å². The van der Waals surface area contributed by atoms with Gasteiger partial charge in [0.05, 0.1) is 13.0 Å². The summed E-state index contributed by atoms with van der Waals surface area (Å²) in [6.07, 6.45) is -5.76. The number of hydrogen-bond acceptors (Lipinski definition) is 4. The van der Waals surface area contributed by atoms with Gasteiger partial charge in [-0.15, -0.1) is 0 Å². The summed E-state index contributed by atoms with van der Waals surface area (Å²) in [5.74, 6) is -3.90. The van der Waals surface area contributed by atoms with E-state index in [0.29, 0.717) is 0 Å². The van der Waals surface area contributed by atoms with Crippen LogP contribution in [0.25, 0.3) is 0 Å². The molecule has 0 saturated heterocycles. The molecule has 0 aromatic heterocycles. The third-order valence-corrected chi connectivity index (χ3v) is 4.51. The van der Waals surface area contributed by atoms with Crippen molar-refractivity contribution in [2.24, 2.45) is 5.92 Å². The smallest absolute Gasteiger partial charge is 0.391 e. The number of amides is 1. The van der Waals surface area contributed by atoms with Gasteiger partial charge in [0, 0.05) is 5.56 Å². The van der Waals surface area contributed by atoms with Crippen LogP contribution >= 0.6 is 0 Å². The van der Waals surface area contributed by atoms with Crippen LogP contribution in [0.2, 0.25) is 0 Å². The minimum absolute atomic E-state index is 0.0168. The van der Waals surface area contributed by atoms with E-state index in [4.69, 9.17) is 4.74 Å². The van der Waals surface area contributed by atoms with Crippen molar-refractivity contribution in [2.75, 3.05) is 7.11 Å². The normalized spacial score (nSPS) is 23.8. The molecule has 0 heterocycles. The Bertz CT molecular complexity index is 666. The van der Waals surface area contributed by atoms with Crippen LogP contribution < -0.4 is 10.1 Å². The second kappa shape index (κ2) is 6.81. The number of alkyl halides is 3. The van der Waals surface area contributed by atoms with Crippen molar-refractivity contribution >= 4 is 11.9 Å². The Morgan fingerprint density at radius 1 is 1.28 bits per heavy atom. The van der Waals surface area contributed by atoms with Gasteiger partial charge in [-0.05, 0) is 43.9 Å². The fraction of sp³-hybridized carbons (Fsp3) is 0.500. The summed E-state index contributed by atoms with van der Waals surface area (Å²) in [5, 5.41) is 21.5. The van der Waals surface area contributed by atoms with Crippen molar-refractivity contribution in [3.63, 3.8) is 0 Å². The van der Waals surface area contributed by atoms with Crippen molar-refractivity contribution in [2.45, 2.75) is 37.4 Å². The van der Waals surface area contributed by atoms with Crippen LogP contribution in [-0.2, 0) is 4.79 Å². The van der Waals surface area contributed by atoms with Crippen molar-refractivity contribution < 1.29 is 37.7 Å². The highest BCUT2D eigenvalue weighted by Gasteiger charge is 2.49. The Morgan fingerprint density at radius 2 is 1.88 bits per heavy atom. The summed E-state index contributed by atoms with van der Waals surface area (Å²) >= 11 is 0. The maximum atomic E-state index is 12.8. The van der Waals surface area contributed by atoms with Gasteiger partial charge >= 0.3 is 12.1 Å². The minimum atomic E-state index is -4.38. The van der Waals surface area contributed by atoms with E-state index in [2.05, 4.69) is 5.32 Å². The van der Waals surface area contributed by atoms with Gasteiger partial charge in [0.1, 0.15) is 5.54 Å². The zero-order valence-corrected chi connectivity index (χ0v) is 13.4. The Hall–Kier alpha value is -2.45. The number of nitrogens with one attached hydrogen (secondary N) is 1. The highest BCUT2D eigenvalue weighted by molar-refractivity contribution is 5.98. The molecule has 138 valence electrons. The van der Waals surface area contributed by atoms with E-state index in [9.17, 15) is 33.0 Å². The number of benzene rings is 1. The highest BCUT2D eigenvalue weighted by atomic mass is 19.4. The Kier molecular flexibility index (Phi) is 5.15. The summed E-state index contributed by atoms with van der Waals surface area (Å²) in [7, 11) is 1.33. The average molecular weight is 361 g/mol. The molecule has 1 aliphatic rings. The van der Waals surface area contributed by atoms with Crippen LogP contribution in [0.1, 0.15) is 36.0 Å². The molecule has 2 rings (SSSR count). The largest absolute Gasteiger partial charge is 0.504 e. The number of rotatable bonds is 4. The third-order valence-electron chi connectivity index (χ3n) is 4.51. The van der Waals surface area contributed by atoms with E-state index in [0.717, 1.165) is 6.07 Å². The number of carboxylic acids is 1. The predicted molar refractivity (Wildman–Crippen MR) is 80.5 cm³/mol. The number of carbonyl (C=O) groups excluding carboxylic acids is 1. The Labute approximate surface area is 141 Å². The summed E-state index contributed by atoms with van der Waals surface area (Å²) in [4.78, 5) is 23.9. The first-order valence-corrected chi connectivity index (χ1v) is 7.59. The number of methoxy groups -OCH3 is 1. The van der Waals surface area contributed by atoms with Crippen LogP contribution in [0, 0.1) is 5.92 Å². The number of halogens is 3. The lowest BCUT2D eigenvalue weighted by Crippen LogP contribution is -2.57. The number of carbonyl (C=O) groups is 2. The fourth-order valence-electron chi connectivity index (χ4n) is 2.95. The molecule has 25 heavy (non-hydrogen) atoms. The molecular formula is C16H18F3NO5. The average Bonchev–Trinajstić information content (AvgIpc) is 2.54. The fourth-order valence-corrected chi connectivity index (χ4v) is 2.95. The maximum Gasteiger partial charge on any atom is 0.391 e. The number of aliphatic carboxylic acids is 1. The third kappa shape index (κ3) is 3.97. The molecule has 0 unspecified atom stereocenters. The van der Waals surface area contributed by atoms with Gasteiger partial charge in [-0.1, -0.05) is 0 Å². The second-order valence-electron chi connectivity index (χ2n) is 6.04. The molecule has 1 saturated carbocycles. The van der Waals surface area contributed by atoms with Gasteiger partial charge in [0.2, 0.25) is 0 Å². The number of phenolic OH excluding ortho intramolecular Hbond substituents is 1. The van der Waals surface area contributed by atoms with Crippen molar-refractivity contribution in [3.05, 3.63) is 23.8 Å². The van der Waals surface area contributed by atoms with Crippen molar-refractivity contribution in [3.8, 4) is 11.5 Å². The van der Waals surface area contributed by atoms with E-state index < -0.39 is 29.5 Å². The first-order chi connectivity index (χ1) is 11.6. The number of aromatic hydroxyl groups is 1.